The number of phenols is 7. The van der Waals surface area contributed by atoms with Gasteiger partial charge in [-0.2, -0.15) is 0 Å². The van der Waals surface area contributed by atoms with Gasteiger partial charge in [-0.1, -0.05) is 12.1 Å². The Morgan fingerprint density at radius 3 is 2.02 bits per heavy atom. The largest absolute Gasteiger partial charge is 0.508 e. The van der Waals surface area contributed by atoms with Gasteiger partial charge in [0.2, 0.25) is 0 Å². The quantitative estimate of drug-likeness (QED) is 0.0988. The summed E-state index contributed by atoms with van der Waals surface area (Å²) in [5.74, 6) is -4.21. The lowest BCUT2D eigenvalue weighted by Gasteiger charge is -2.35. The van der Waals surface area contributed by atoms with E-state index in [-0.39, 0.29) is 68.7 Å². The molecule has 1 spiro atoms. The first-order valence-electron chi connectivity index (χ1n) is 12.7. The zero-order valence-electron chi connectivity index (χ0n) is 21.3. The fourth-order valence-electron chi connectivity index (χ4n) is 6.16. The lowest BCUT2D eigenvalue weighted by molar-refractivity contribution is -0.139. The van der Waals surface area contributed by atoms with Crippen LogP contribution in [0.3, 0.4) is 0 Å². The lowest BCUT2D eigenvalue weighted by Crippen LogP contribution is -2.40. The molecule has 0 fully saturated rings. The molecular formula is C30H22O12. The van der Waals surface area contributed by atoms with E-state index in [0.29, 0.717) is 0 Å². The first-order valence-corrected chi connectivity index (χ1v) is 12.7. The third kappa shape index (κ3) is 3.29. The molecule has 12 heteroatoms. The average Bonchev–Trinajstić information content (AvgIpc) is 3.42. The highest BCUT2D eigenvalue weighted by Gasteiger charge is 2.66. The van der Waals surface area contributed by atoms with E-state index in [0.717, 1.165) is 6.07 Å². The number of fused-ring (bicyclic) bond motifs is 6. The third-order valence-electron chi connectivity index (χ3n) is 7.98. The van der Waals surface area contributed by atoms with Crippen molar-refractivity contribution in [3.8, 4) is 57.5 Å². The molecule has 0 aliphatic carbocycles. The van der Waals surface area contributed by atoms with Crippen LogP contribution in [0.5, 0.6) is 57.5 Å². The second-order valence-corrected chi connectivity index (χ2v) is 10.4. The SMILES string of the molecule is O=C1Oc2cc(O)c3c(c2[C@@]12c1c(O)cc(O)cc1O[C@@H]2c1ccc(O)c(O)c1)O[C@@H](c1ccc(O)c(O)c1)[C@@H](O)C3. The molecule has 42 heavy (non-hydrogen) atoms. The lowest BCUT2D eigenvalue weighted by atomic mass is 9.69. The fourth-order valence-corrected chi connectivity index (χ4v) is 6.16. The Labute approximate surface area is 236 Å². The minimum atomic E-state index is -2.02. The molecule has 7 rings (SSSR count). The molecular weight excluding hydrogens is 552 g/mol. The molecule has 4 atom stereocenters. The van der Waals surface area contributed by atoms with E-state index < -0.39 is 52.7 Å². The predicted octanol–water partition coefficient (Wildman–Crippen LogP) is 3.00. The summed E-state index contributed by atoms with van der Waals surface area (Å²) in [7, 11) is 0. The predicted molar refractivity (Wildman–Crippen MR) is 140 cm³/mol. The number of ether oxygens (including phenoxy) is 3. The highest BCUT2D eigenvalue weighted by atomic mass is 16.6. The van der Waals surface area contributed by atoms with Crippen LogP contribution in [-0.4, -0.2) is 52.9 Å². The van der Waals surface area contributed by atoms with Crippen LogP contribution in [0.15, 0.2) is 54.6 Å². The highest BCUT2D eigenvalue weighted by molar-refractivity contribution is 6.00. The van der Waals surface area contributed by atoms with Crippen LogP contribution >= 0.6 is 0 Å². The minimum Gasteiger partial charge on any atom is -0.508 e. The van der Waals surface area contributed by atoms with Crippen molar-refractivity contribution in [2.45, 2.75) is 30.1 Å². The number of aliphatic hydroxyl groups is 1. The van der Waals surface area contributed by atoms with Gasteiger partial charge >= 0.3 is 5.97 Å². The number of benzene rings is 4. The number of carbonyl (C=O) groups is 1. The molecule has 0 unspecified atom stereocenters. The van der Waals surface area contributed by atoms with Gasteiger partial charge in [0.1, 0.15) is 46.7 Å². The Hall–Kier alpha value is -5.49. The Bertz CT molecular complexity index is 1830. The smallest absolute Gasteiger partial charge is 0.331 e. The summed E-state index contributed by atoms with van der Waals surface area (Å²) >= 11 is 0. The van der Waals surface area contributed by atoms with Gasteiger partial charge in [0.25, 0.3) is 0 Å². The van der Waals surface area contributed by atoms with E-state index in [1.54, 1.807) is 0 Å². The summed E-state index contributed by atoms with van der Waals surface area (Å²) < 4.78 is 18.1. The van der Waals surface area contributed by atoms with Crippen LogP contribution in [0.1, 0.15) is 40.0 Å². The monoisotopic (exact) mass is 574 g/mol. The zero-order chi connectivity index (χ0) is 29.7. The molecule has 0 bridgehead atoms. The number of aliphatic hydroxyl groups excluding tert-OH is 1. The van der Waals surface area contributed by atoms with Crippen LogP contribution in [0.2, 0.25) is 0 Å². The van der Waals surface area contributed by atoms with Gasteiger partial charge in [-0.25, -0.2) is 0 Å². The summed E-state index contributed by atoms with van der Waals surface area (Å²) in [5.41, 5.74) is -1.48. The van der Waals surface area contributed by atoms with Gasteiger partial charge in [0.15, 0.2) is 28.4 Å². The molecule has 0 saturated heterocycles. The first kappa shape index (κ1) is 25.5. The van der Waals surface area contributed by atoms with E-state index >= 15 is 0 Å². The van der Waals surface area contributed by atoms with Gasteiger partial charge in [-0.05, 0) is 35.4 Å². The van der Waals surface area contributed by atoms with Crippen LogP contribution in [0, 0.1) is 0 Å². The Morgan fingerprint density at radius 1 is 0.667 bits per heavy atom. The van der Waals surface area contributed by atoms with E-state index in [1.807, 2.05) is 0 Å². The number of carbonyl (C=O) groups excluding carboxylic acids is 1. The molecule has 0 aromatic heterocycles. The van der Waals surface area contributed by atoms with E-state index in [2.05, 4.69) is 0 Å². The van der Waals surface area contributed by atoms with Crippen molar-refractivity contribution in [1.82, 2.24) is 0 Å². The topological polar surface area (TPSA) is 207 Å². The standard InChI is InChI=1S/C30H22O12/c31-13-7-20(37)24-22(8-13)40-28(12-2-4-16(33)19(36)6-12)30(24)25-23(41-29(30)39)10-17(34)14-9-21(38)26(42-27(14)25)11-1-3-15(32)18(35)5-11/h1-8,10,21,26,28,31-38H,9H2/t21-,26-,28+,30+/m0/s1. The molecule has 12 nitrogen and oxygen atoms in total. The summed E-state index contributed by atoms with van der Waals surface area (Å²) in [6, 6.07) is 11.0. The Morgan fingerprint density at radius 2 is 1.33 bits per heavy atom. The maximum Gasteiger partial charge on any atom is 0.331 e. The van der Waals surface area contributed by atoms with E-state index in [4.69, 9.17) is 14.2 Å². The van der Waals surface area contributed by atoms with Crippen molar-refractivity contribution in [1.29, 1.82) is 0 Å². The molecule has 0 amide bonds. The number of phenolic OH excluding ortho intramolecular Hbond substituents is 7. The Kier molecular flexibility index (Phi) is 5.16. The average molecular weight is 574 g/mol. The Balaban J connectivity index is 1.51. The minimum absolute atomic E-state index is 0.0394. The van der Waals surface area contributed by atoms with Crippen LogP contribution in [0.4, 0.5) is 0 Å². The molecule has 8 N–H and O–H groups in total. The molecule has 3 aliphatic rings. The van der Waals surface area contributed by atoms with Gasteiger partial charge in [-0.15, -0.1) is 0 Å². The van der Waals surface area contributed by atoms with Crippen LogP contribution < -0.4 is 14.2 Å². The summed E-state index contributed by atoms with van der Waals surface area (Å²) in [6.07, 6.45) is -3.89. The van der Waals surface area contributed by atoms with Crippen molar-refractivity contribution in [2.24, 2.45) is 0 Å². The molecule has 4 aromatic carbocycles. The van der Waals surface area contributed by atoms with Gasteiger partial charge < -0.3 is 55.1 Å². The van der Waals surface area contributed by atoms with Gasteiger partial charge in [0, 0.05) is 30.2 Å². The summed E-state index contributed by atoms with van der Waals surface area (Å²) in [4.78, 5) is 14.1. The second-order valence-electron chi connectivity index (χ2n) is 10.4. The molecule has 214 valence electrons. The van der Waals surface area contributed by atoms with Gasteiger partial charge in [0.05, 0.1) is 17.2 Å². The molecule has 4 aromatic rings. The number of rotatable bonds is 2. The summed E-state index contributed by atoms with van der Waals surface area (Å²) in [5, 5.41) is 83.3. The number of hydrogen-bond donors (Lipinski definition) is 8. The first-order chi connectivity index (χ1) is 20.0. The highest BCUT2D eigenvalue weighted by Crippen LogP contribution is 2.66. The van der Waals surface area contributed by atoms with E-state index in [9.17, 15) is 45.6 Å². The van der Waals surface area contributed by atoms with Crippen LogP contribution in [0.25, 0.3) is 0 Å². The van der Waals surface area contributed by atoms with Crippen molar-refractivity contribution in [2.75, 3.05) is 0 Å². The maximum absolute atomic E-state index is 14.1. The zero-order valence-corrected chi connectivity index (χ0v) is 21.3. The van der Waals surface area contributed by atoms with Crippen molar-refractivity contribution < 1.29 is 59.9 Å². The van der Waals surface area contributed by atoms with Crippen LogP contribution in [-0.2, 0) is 16.6 Å². The molecule has 0 radical (unpaired) electrons. The van der Waals surface area contributed by atoms with Crippen molar-refractivity contribution >= 4 is 5.97 Å². The van der Waals surface area contributed by atoms with E-state index in [1.165, 1.54) is 48.5 Å². The number of aromatic hydroxyl groups is 7. The number of esters is 1. The fraction of sp³-hybridized carbons (Fsp3) is 0.167. The molecule has 3 aliphatic heterocycles. The van der Waals surface area contributed by atoms with Crippen molar-refractivity contribution in [3.05, 3.63) is 82.4 Å². The normalized spacial score (nSPS) is 23.5. The number of hydrogen-bond acceptors (Lipinski definition) is 12. The molecule has 0 saturated carbocycles. The van der Waals surface area contributed by atoms with Crippen molar-refractivity contribution in [3.63, 3.8) is 0 Å². The third-order valence-corrected chi connectivity index (χ3v) is 7.98. The second kappa shape index (κ2) is 8.51. The summed E-state index contributed by atoms with van der Waals surface area (Å²) in [6.45, 7) is 0. The molecule has 3 heterocycles. The van der Waals surface area contributed by atoms with Gasteiger partial charge in [-0.3, -0.25) is 4.79 Å². The maximum atomic E-state index is 14.1.